The van der Waals surface area contributed by atoms with Gasteiger partial charge in [-0.25, -0.2) is 9.97 Å². The minimum Gasteiger partial charge on any atom is -0.356 e. The fourth-order valence-corrected chi connectivity index (χ4v) is 3.56. The van der Waals surface area contributed by atoms with E-state index in [0.29, 0.717) is 17.5 Å². The van der Waals surface area contributed by atoms with Crippen LogP contribution in [0.3, 0.4) is 0 Å². The predicted molar refractivity (Wildman–Crippen MR) is 106 cm³/mol. The third kappa shape index (κ3) is 4.03. The zero-order valence-electron chi connectivity index (χ0n) is 16.1. The number of aromatic nitrogens is 2. The highest BCUT2D eigenvalue weighted by Crippen LogP contribution is 2.28. The third-order valence-corrected chi connectivity index (χ3v) is 5.03. The van der Waals surface area contributed by atoms with Crippen molar-refractivity contribution in [2.75, 3.05) is 23.3 Å². The van der Waals surface area contributed by atoms with Crippen LogP contribution in [0.15, 0.2) is 30.6 Å². The van der Waals surface area contributed by atoms with Crippen molar-refractivity contribution in [3.05, 3.63) is 47.4 Å². The second kappa shape index (κ2) is 7.85. The second-order valence-electron chi connectivity index (χ2n) is 7.60. The molecule has 138 valence electrons. The van der Waals surface area contributed by atoms with Gasteiger partial charge in [0.2, 0.25) is 0 Å². The van der Waals surface area contributed by atoms with Gasteiger partial charge < -0.3 is 10.2 Å². The molecule has 1 amide bonds. The summed E-state index contributed by atoms with van der Waals surface area (Å²) in [5.74, 6) is 1.64. The van der Waals surface area contributed by atoms with E-state index in [1.807, 2.05) is 19.1 Å². The average Bonchev–Trinajstić information content (AvgIpc) is 2.63. The maximum Gasteiger partial charge on any atom is 0.274 e. The molecule has 0 bridgehead atoms. The molecule has 2 heterocycles. The van der Waals surface area contributed by atoms with E-state index in [2.05, 4.69) is 47.0 Å². The lowest BCUT2D eigenvalue weighted by molar-refractivity contribution is 0.102. The number of nitrogens with zero attached hydrogens (tertiary/aromatic N) is 3. The van der Waals surface area contributed by atoms with Gasteiger partial charge in [0.05, 0.1) is 0 Å². The molecule has 1 atom stereocenters. The van der Waals surface area contributed by atoms with Crippen molar-refractivity contribution in [2.24, 2.45) is 5.92 Å². The van der Waals surface area contributed by atoms with E-state index in [1.165, 1.54) is 12.7 Å². The normalized spacial score (nSPS) is 17.4. The van der Waals surface area contributed by atoms with Crippen molar-refractivity contribution >= 4 is 17.4 Å². The third-order valence-electron chi connectivity index (χ3n) is 5.03. The predicted octanol–water partition coefficient (Wildman–Crippen LogP) is 4.40. The summed E-state index contributed by atoms with van der Waals surface area (Å²) in [4.78, 5) is 23.7. The van der Waals surface area contributed by atoms with Crippen molar-refractivity contribution in [2.45, 2.75) is 46.5 Å². The second-order valence-corrected chi connectivity index (χ2v) is 7.60. The molecule has 0 aliphatic carbocycles. The van der Waals surface area contributed by atoms with Gasteiger partial charge in [0.1, 0.15) is 17.8 Å². The molecular formula is C21H28N4O. The Bertz CT molecular complexity index is 787. The Morgan fingerprint density at radius 3 is 2.85 bits per heavy atom. The van der Waals surface area contributed by atoms with Crippen LogP contribution in [0, 0.1) is 12.8 Å². The number of anilines is 2. The topological polar surface area (TPSA) is 58.1 Å². The number of piperidine rings is 1. The van der Waals surface area contributed by atoms with Crippen LogP contribution in [-0.4, -0.2) is 29.0 Å². The van der Waals surface area contributed by atoms with Crippen LogP contribution in [0.5, 0.6) is 0 Å². The first-order valence-electron chi connectivity index (χ1n) is 9.43. The van der Waals surface area contributed by atoms with Gasteiger partial charge in [-0.1, -0.05) is 39.0 Å². The smallest absolute Gasteiger partial charge is 0.274 e. The average molecular weight is 352 g/mol. The van der Waals surface area contributed by atoms with Crippen LogP contribution in [-0.2, 0) is 0 Å². The molecule has 5 nitrogen and oxygen atoms in total. The van der Waals surface area contributed by atoms with E-state index in [-0.39, 0.29) is 5.91 Å². The Kier molecular flexibility index (Phi) is 5.55. The molecule has 1 saturated heterocycles. The van der Waals surface area contributed by atoms with Crippen LogP contribution in [0.25, 0.3) is 0 Å². The lowest BCUT2D eigenvalue weighted by Crippen LogP contribution is -2.35. The number of carbonyl (C=O) groups excluding carboxylic acids is 1. The molecule has 1 aliphatic rings. The molecule has 0 spiro atoms. The number of hydrogen-bond donors (Lipinski definition) is 1. The van der Waals surface area contributed by atoms with Gasteiger partial charge in [0, 0.05) is 24.8 Å². The molecule has 0 radical (unpaired) electrons. The Morgan fingerprint density at radius 2 is 2.12 bits per heavy atom. The molecule has 2 aromatic rings. The van der Waals surface area contributed by atoms with Gasteiger partial charge in [-0.3, -0.25) is 4.79 Å². The van der Waals surface area contributed by atoms with Crippen molar-refractivity contribution in [3.8, 4) is 0 Å². The van der Waals surface area contributed by atoms with Crippen LogP contribution < -0.4 is 10.2 Å². The molecule has 1 unspecified atom stereocenters. The number of hydrogen-bond acceptors (Lipinski definition) is 4. The van der Waals surface area contributed by atoms with Crippen LogP contribution >= 0.6 is 0 Å². The van der Waals surface area contributed by atoms with E-state index in [9.17, 15) is 4.79 Å². The minimum atomic E-state index is -0.185. The summed E-state index contributed by atoms with van der Waals surface area (Å²) >= 11 is 0. The first kappa shape index (κ1) is 18.4. The zero-order chi connectivity index (χ0) is 18.7. The van der Waals surface area contributed by atoms with E-state index < -0.39 is 0 Å². The molecule has 3 rings (SSSR count). The summed E-state index contributed by atoms with van der Waals surface area (Å²) in [6, 6.07) is 7.91. The van der Waals surface area contributed by atoms with Crippen molar-refractivity contribution in [1.82, 2.24) is 9.97 Å². The van der Waals surface area contributed by atoms with Gasteiger partial charge in [0.25, 0.3) is 5.91 Å². The highest BCUT2D eigenvalue weighted by molar-refractivity contribution is 6.04. The fourth-order valence-electron chi connectivity index (χ4n) is 3.56. The van der Waals surface area contributed by atoms with Crippen LogP contribution in [0.4, 0.5) is 11.5 Å². The summed E-state index contributed by atoms with van der Waals surface area (Å²) in [6.07, 6.45) is 3.90. The standard InChI is InChI=1S/C21H28N4O/c1-14(2)17-9-5-8-16(4)20(17)24-21(26)18-11-19(23-13-22-18)25-10-6-7-15(3)12-25/h5,8-9,11,13-15H,6-7,10,12H2,1-4H3,(H,24,26). The first-order valence-corrected chi connectivity index (χ1v) is 9.43. The molecule has 1 aromatic carbocycles. The molecule has 1 N–H and O–H groups in total. The number of nitrogens with one attached hydrogen (secondary N) is 1. The van der Waals surface area contributed by atoms with Crippen LogP contribution in [0.2, 0.25) is 0 Å². The Labute approximate surface area is 155 Å². The molecule has 26 heavy (non-hydrogen) atoms. The summed E-state index contributed by atoms with van der Waals surface area (Å²) < 4.78 is 0. The summed E-state index contributed by atoms with van der Waals surface area (Å²) in [6.45, 7) is 10.5. The number of carbonyl (C=O) groups is 1. The Hall–Kier alpha value is -2.43. The van der Waals surface area contributed by atoms with Gasteiger partial charge in [-0.15, -0.1) is 0 Å². The molecule has 1 aromatic heterocycles. The van der Waals surface area contributed by atoms with Crippen molar-refractivity contribution < 1.29 is 4.79 Å². The monoisotopic (exact) mass is 352 g/mol. The Morgan fingerprint density at radius 1 is 1.31 bits per heavy atom. The summed E-state index contributed by atoms with van der Waals surface area (Å²) in [5.41, 5.74) is 3.49. The van der Waals surface area contributed by atoms with Gasteiger partial charge in [-0.05, 0) is 42.7 Å². The highest BCUT2D eigenvalue weighted by Gasteiger charge is 2.20. The molecular weight excluding hydrogens is 324 g/mol. The quantitative estimate of drug-likeness (QED) is 0.886. The molecule has 5 heteroatoms. The van der Waals surface area contributed by atoms with Crippen molar-refractivity contribution in [3.63, 3.8) is 0 Å². The maximum atomic E-state index is 12.8. The largest absolute Gasteiger partial charge is 0.356 e. The lowest BCUT2D eigenvalue weighted by atomic mass is 9.98. The minimum absolute atomic E-state index is 0.185. The van der Waals surface area contributed by atoms with Crippen LogP contribution in [0.1, 0.15) is 61.1 Å². The van der Waals surface area contributed by atoms with Gasteiger partial charge in [0.15, 0.2) is 0 Å². The van der Waals surface area contributed by atoms with Gasteiger partial charge in [-0.2, -0.15) is 0 Å². The molecule has 1 fully saturated rings. The maximum absolute atomic E-state index is 12.8. The van der Waals surface area contributed by atoms with E-state index in [1.54, 1.807) is 6.07 Å². The molecule has 1 aliphatic heterocycles. The number of rotatable bonds is 4. The fraction of sp³-hybridized carbons (Fsp3) is 0.476. The summed E-state index contributed by atoms with van der Waals surface area (Å²) in [5, 5.41) is 3.07. The van der Waals surface area contributed by atoms with Crippen molar-refractivity contribution in [1.29, 1.82) is 0 Å². The van der Waals surface area contributed by atoms with E-state index >= 15 is 0 Å². The Balaban J connectivity index is 1.82. The summed E-state index contributed by atoms with van der Waals surface area (Å²) in [7, 11) is 0. The number of aryl methyl sites for hydroxylation is 1. The first-order chi connectivity index (χ1) is 12.5. The van der Waals surface area contributed by atoms with E-state index in [4.69, 9.17) is 0 Å². The molecule has 0 saturated carbocycles. The SMILES string of the molecule is Cc1cccc(C(C)C)c1NC(=O)c1cc(N2CCCC(C)C2)ncn1. The number of para-hydroxylation sites is 1. The van der Waals surface area contributed by atoms with Gasteiger partial charge >= 0.3 is 0 Å². The number of benzene rings is 1. The highest BCUT2D eigenvalue weighted by atomic mass is 16.1. The lowest BCUT2D eigenvalue weighted by Gasteiger charge is -2.31. The van der Waals surface area contributed by atoms with E-state index in [0.717, 1.165) is 42.1 Å². The number of amides is 1. The zero-order valence-corrected chi connectivity index (χ0v) is 16.1.